The highest BCUT2D eigenvalue weighted by molar-refractivity contribution is 7.88. The van der Waals surface area contributed by atoms with Gasteiger partial charge in [-0.05, 0) is 51.2 Å². The minimum atomic E-state index is -3.01. The molecule has 2 saturated heterocycles. The van der Waals surface area contributed by atoms with Gasteiger partial charge < -0.3 is 10.2 Å². The second kappa shape index (κ2) is 7.20. The zero-order valence-corrected chi connectivity index (χ0v) is 13.7. The van der Waals surface area contributed by atoms with E-state index in [1.54, 1.807) is 4.31 Å². The summed E-state index contributed by atoms with van der Waals surface area (Å²) in [7, 11) is -3.01. The Labute approximate surface area is 123 Å². The van der Waals surface area contributed by atoms with Crippen LogP contribution in [0.15, 0.2) is 0 Å². The molecule has 2 aliphatic heterocycles. The smallest absolute Gasteiger partial charge is 0.211 e. The first-order chi connectivity index (χ1) is 9.49. The van der Waals surface area contributed by atoms with Crippen LogP contribution >= 0.6 is 0 Å². The second-order valence-corrected chi connectivity index (χ2v) is 8.24. The lowest BCUT2D eigenvalue weighted by atomic mass is 9.97. The molecule has 0 radical (unpaired) electrons. The van der Waals surface area contributed by atoms with E-state index in [1.807, 2.05) is 0 Å². The van der Waals surface area contributed by atoms with Gasteiger partial charge in [0.05, 0.1) is 6.26 Å². The molecule has 0 aromatic carbocycles. The zero-order valence-electron chi connectivity index (χ0n) is 12.8. The van der Waals surface area contributed by atoms with Gasteiger partial charge in [-0.1, -0.05) is 6.92 Å². The first kappa shape index (κ1) is 16.2. The molecule has 0 aliphatic carbocycles. The Morgan fingerprint density at radius 1 is 1.15 bits per heavy atom. The molecular weight excluding hydrogens is 274 g/mol. The van der Waals surface area contributed by atoms with Crippen molar-refractivity contribution >= 4 is 10.0 Å². The number of rotatable bonds is 5. The Balaban J connectivity index is 1.77. The van der Waals surface area contributed by atoms with Crippen molar-refractivity contribution in [2.75, 3.05) is 45.5 Å². The van der Waals surface area contributed by atoms with Gasteiger partial charge in [0, 0.05) is 25.7 Å². The third kappa shape index (κ3) is 4.69. The van der Waals surface area contributed by atoms with Gasteiger partial charge in [-0.3, -0.25) is 0 Å². The highest BCUT2D eigenvalue weighted by Crippen LogP contribution is 2.21. The molecule has 2 rings (SSSR count). The van der Waals surface area contributed by atoms with E-state index in [0.717, 1.165) is 32.6 Å². The number of nitrogens with zero attached hydrogens (tertiary/aromatic N) is 2. The molecule has 0 aromatic rings. The van der Waals surface area contributed by atoms with Crippen LogP contribution in [0, 0.1) is 5.92 Å². The van der Waals surface area contributed by atoms with E-state index in [0.29, 0.717) is 25.0 Å². The molecule has 2 aliphatic rings. The van der Waals surface area contributed by atoms with Gasteiger partial charge in [0.25, 0.3) is 0 Å². The van der Waals surface area contributed by atoms with E-state index in [2.05, 4.69) is 17.1 Å². The van der Waals surface area contributed by atoms with E-state index >= 15 is 0 Å². The molecule has 1 N–H and O–H groups in total. The molecule has 0 spiro atoms. The SMILES string of the molecule is CCNC1CCN(CC2CCCN(S(C)(=O)=O)C2)CC1. The van der Waals surface area contributed by atoms with Gasteiger partial charge in [-0.15, -0.1) is 0 Å². The second-order valence-electron chi connectivity index (χ2n) is 6.26. The molecule has 0 aromatic heterocycles. The third-order valence-corrected chi connectivity index (χ3v) is 5.82. The van der Waals surface area contributed by atoms with Gasteiger partial charge in [0.15, 0.2) is 0 Å². The average molecular weight is 303 g/mol. The Morgan fingerprint density at radius 3 is 2.45 bits per heavy atom. The normalized spacial score (nSPS) is 27.8. The summed E-state index contributed by atoms with van der Waals surface area (Å²) in [6.07, 6.45) is 5.94. The van der Waals surface area contributed by atoms with E-state index in [-0.39, 0.29) is 0 Å². The van der Waals surface area contributed by atoms with E-state index in [1.165, 1.54) is 25.5 Å². The first-order valence-electron chi connectivity index (χ1n) is 7.90. The van der Waals surface area contributed by atoms with Crippen molar-refractivity contribution in [2.45, 2.75) is 38.6 Å². The first-order valence-corrected chi connectivity index (χ1v) is 9.74. The molecule has 5 nitrogen and oxygen atoms in total. The number of piperidine rings is 2. The summed E-state index contributed by atoms with van der Waals surface area (Å²) in [4.78, 5) is 2.52. The summed E-state index contributed by atoms with van der Waals surface area (Å²) in [6, 6.07) is 0.676. The Hall–Kier alpha value is -0.170. The largest absolute Gasteiger partial charge is 0.314 e. The van der Waals surface area contributed by atoms with Crippen LogP contribution in [-0.2, 0) is 10.0 Å². The maximum Gasteiger partial charge on any atom is 0.211 e. The van der Waals surface area contributed by atoms with E-state index in [4.69, 9.17) is 0 Å². The van der Waals surface area contributed by atoms with Crippen LogP contribution in [0.1, 0.15) is 32.6 Å². The molecule has 20 heavy (non-hydrogen) atoms. The number of nitrogens with one attached hydrogen (secondary N) is 1. The summed E-state index contributed by atoms with van der Waals surface area (Å²) in [6.45, 7) is 7.99. The van der Waals surface area contributed by atoms with Gasteiger partial charge in [-0.2, -0.15) is 0 Å². The maximum absolute atomic E-state index is 11.6. The molecule has 2 fully saturated rings. The van der Waals surface area contributed by atoms with Crippen molar-refractivity contribution in [3.63, 3.8) is 0 Å². The van der Waals surface area contributed by atoms with Crippen LogP contribution < -0.4 is 5.32 Å². The van der Waals surface area contributed by atoms with Gasteiger partial charge in [0.1, 0.15) is 0 Å². The molecular formula is C14H29N3O2S. The molecule has 6 heteroatoms. The fourth-order valence-electron chi connectivity index (χ4n) is 3.45. The maximum atomic E-state index is 11.6. The van der Waals surface area contributed by atoms with Crippen molar-refractivity contribution < 1.29 is 8.42 Å². The topological polar surface area (TPSA) is 52.6 Å². The summed E-state index contributed by atoms with van der Waals surface area (Å²) in [5.41, 5.74) is 0. The fraction of sp³-hybridized carbons (Fsp3) is 1.00. The quantitative estimate of drug-likeness (QED) is 0.814. The number of likely N-dealkylation sites (tertiary alicyclic amines) is 1. The Bertz CT molecular complexity index is 391. The predicted octanol–water partition coefficient (Wildman–Crippen LogP) is 0.732. The lowest BCUT2D eigenvalue weighted by molar-refractivity contribution is 0.144. The number of sulfonamides is 1. The number of hydrogen-bond donors (Lipinski definition) is 1. The molecule has 2 heterocycles. The fourth-order valence-corrected chi connectivity index (χ4v) is 4.39. The van der Waals surface area contributed by atoms with Crippen LogP contribution in [0.4, 0.5) is 0 Å². The third-order valence-electron chi connectivity index (χ3n) is 4.55. The number of hydrogen-bond acceptors (Lipinski definition) is 4. The minimum absolute atomic E-state index is 0.508. The summed E-state index contributed by atoms with van der Waals surface area (Å²) < 4.78 is 24.9. The summed E-state index contributed by atoms with van der Waals surface area (Å²) in [5, 5.41) is 3.52. The Morgan fingerprint density at radius 2 is 1.85 bits per heavy atom. The van der Waals surface area contributed by atoms with E-state index < -0.39 is 10.0 Å². The van der Waals surface area contributed by atoms with E-state index in [9.17, 15) is 8.42 Å². The van der Waals surface area contributed by atoms with Crippen LogP contribution in [0.2, 0.25) is 0 Å². The highest BCUT2D eigenvalue weighted by Gasteiger charge is 2.28. The molecule has 118 valence electrons. The van der Waals surface area contributed by atoms with Crippen LogP contribution in [-0.4, -0.2) is 69.2 Å². The molecule has 0 bridgehead atoms. The molecule has 1 atom stereocenters. The minimum Gasteiger partial charge on any atom is -0.314 e. The zero-order chi connectivity index (χ0) is 14.6. The van der Waals surface area contributed by atoms with Crippen molar-refractivity contribution in [2.24, 2.45) is 5.92 Å². The molecule has 0 amide bonds. The monoisotopic (exact) mass is 303 g/mol. The standard InChI is InChI=1S/C14H29N3O2S/c1-3-15-14-6-9-16(10-7-14)11-13-5-4-8-17(12-13)20(2,18)19/h13-15H,3-12H2,1-2H3. The average Bonchev–Trinajstić information content (AvgIpc) is 2.41. The van der Waals surface area contributed by atoms with Crippen molar-refractivity contribution in [3.8, 4) is 0 Å². The lowest BCUT2D eigenvalue weighted by Crippen LogP contribution is -2.47. The van der Waals surface area contributed by atoms with Gasteiger partial charge >= 0.3 is 0 Å². The Kier molecular flexibility index (Phi) is 5.84. The summed E-state index contributed by atoms with van der Waals surface area (Å²) in [5.74, 6) is 0.508. The van der Waals surface area contributed by atoms with Crippen LogP contribution in [0.3, 0.4) is 0 Å². The highest BCUT2D eigenvalue weighted by atomic mass is 32.2. The predicted molar refractivity (Wildman–Crippen MR) is 82.3 cm³/mol. The lowest BCUT2D eigenvalue weighted by Gasteiger charge is -2.37. The van der Waals surface area contributed by atoms with Gasteiger partial charge in [-0.25, -0.2) is 12.7 Å². The van der Waals surface area contributed by atoms with Crippen LogP contribution in [0.5, 0.6) is 0 Å². The molecule has 1 unspecified atom stereocenters. The van der Waals surface area contributed by atoms with Crippen molar-refractivity contribution in [1.29, 1.82) is 0 Å². The summed E-state index contributed by atoms with van der Waals surface area (Å²) >= 11 is 0. The van der Waals surface area contributed by atoms with Crippen molar-refractivity contribution in [3.05, 3.63) is 0 Å². The van der Waals surface area contributed by atoms with Crippen LogP contribution in [0.25, 0.3) is 0 Å². The van der Waals surface area contributed by atoms with Crippen molar-refractivity contribution in [1.82, 2.24) is 14.5 Å². The molecule has 0 saturated carbocycles. The van der Waals surface area contributed by atoms with Gasteiger partial charge in [0.2, 0.25) is 10.0 Å².